The van der Waals surface area contributed by atoms with Gasteiger partial charge in [0.2, 0.25) is 5.91 Å². The largest absolute Gasteiger partial charge is 0.302 e. The molecule has 0 spiro atoms. The summed E-state index contributed by atoms with van der Waals surface area (Å²) >= 11 is 7.54. The molecule has 1 aliphatic heterocycles. The van der Waals surface area contributed by atoms with Gasteiger partial charge in [-0.3, -0.25) is 14.6 Å². The van der Waals surface area contributed by atoms with Gasteiger partial charge in [-0.25, -0.2) is 9.37 Å². The van der Waals surface area contributed by atoms with E-state index in [0.29, 0.717) is 22.3 Å². The summed E-state index contributed by atoms with van der Waals surface area (Å²) in [5, 5.41) is 5.79. The van der Waals surface area contributed by atoms with Crippen molar-refractivity contribution in [3.63, 3.8) is 0 Å². The summed E-state index contributed by atoms with van der Waals surface area (Å²) in [4.78, 5) is 20.0. The van der Waals surface area contributed by atoms with E-state index in [2.05, 4.69) is 20.1 Å². The molecule has 0 unspecified atom stereocenters. The highest BCUT2D eigenvalue weighted by Crippen LogP contribution is 2.22. The van der Waals surface area contributed by atoms with Crippen LogP contribution in [0.5, 0.6) is 0 Å². The highest BCUT2D eigenvalue weighted by Gasteiger charge is 2.20. The van der Waals surface area contributed by atoms with Crippen LogP contribution in [0.4, 0.5) is 9.52 Å². The van der Waals surface area contributed by atoms with Crippen molar-refractivity contribution in [3.05, 3.63) is 45.7 Å². The second kappa shape index (κ2) is 8.23. The molecule has 1 aromatic carbocycles. The zero-order valence-electron chi connectivity index (χ0n) is 14.0. The molecule has 3 rings (SSSR count). The molecule has 25 heavy (non-hydrogen) atoms. The third kappa shape index (κ3) is 4.98. The van der Waals surface area contributed by atoms with Crippen molar-refractivity contribution < 1.29 is 9.18 Å². The predicted molar refractivity (Wildman–Crippen MR) is 98.4 cm³/mol. The molecule has 0 saturated carbocycles. The van der Waals surface area contributed by atoms with Gasteiger partial charge in [0.25, 0.3) is 0 Å². The van der Waals surface area contributed by atoms with Gasteiger partial charge < -0.3 is 5.32 Å². The van der Waals surface area contributed by atoms with Crippen molar-refractivity contribution in [2.24, 2.45) is 0 Å². The Hall–Kier alpha value is -1.54. The van der Waals surface area contributed by atoms with E-state index < -0.39 is 0 Å². The standard InChI is InChI=1S/C17H20ClFN4OS/c1-12(24)20-17-21-13(11-25-17)9-22-5-7-23(8-6-22)10-14-15(18)3-2-4-16(14)19/h2-4,11H,5-10H2,1H3,(H,20,21,24). The molecule has 2 heterocycles. The van der Waals surface area contributed by atoms with Crippen molar-refractivity contribution in [2.45, 2.75) is 20.0 Å². The third-order valence-corrected chi connectivity index (χ3v) is 5.29. The van der Waals surface area contributed by atoms with Gasteiger partial charge >= 0.3 is 0 Å². The van der Waals surface area contributed by atoms with E-state index in [9.17, 15) is 9.18 Å². The number of carbonyl (C=O) groups is 1. The van der Waals surface area contributed by atoms with Crippen LogP contribution in [-0.4, -0.2) is 46.9 Å². The van der Waals surface area contributed by atoms with E-state index in [-0.39, 0.29) is 11.7 Å². The minimum absolute atomic E-state index is 0.110. The lowest BCUT2D eigenvalue weighted by Gasteiger charge is -2.34. The number of amides is 1. The lowest BCUT2D eigenvalue weighted by Crippen LogP contribution is -2.45. The van der Waals surface area contributed by atoms with Gasteiger partial charge in [0.1, 0.15) is 5.82 Å². The highest BCUT2D eigenvalue weighted by molar-refractivity contribution is 7.13. The molecule has 1 aliphatic rings. The molecule has 1 saturated heterocycles. The van der Waals surface area contributed by atoms with E-state index in [0.717, 1.165) is 38.4 Å². The van der Waals surface area contributed by atoms with E-state index in [1.165, 1.54) is 24.3 Å². The van der Waals surface area contributed by atoms with E-state index in [1.54, 1.807) is 12.1 Å². The summed E-state index contributed by atoms with van der Waals surface area (Å²) in [5.41, 5.74) is 1.52. The van der Waals surface area contributed by atoms with Gasteiger partial charge in [0.15, 0.2) is 5.13 Å². The number of thiazole rings is 1. The molecule has 0 bridgehead atoms. The van der Waals surface area contributed by atoms with E-state index >= 15 is 0 Å². The monoisotopic (exact) mass is 382 g/mol. The first-order valence-corrected chi connectivity index (χ1v) is 9.36. The molecule has 2 aromatic rings. The molecule has 8 heteroatoms. The number of hydrogen-bond acceptors (Lipinski definition) is 5. The number of nitrogens with one attached hydrogen (secondary N) is 1. The van der Waals surface area contributed by atoms with Gasteiger partial charge in [0, 0.05) is 62.2 Å². The molecular weight excluding hydrogens is 363 g/mol. The molecule has 1 aromatic heterocycles. The first-order chi connectivity index (χ1) is 12.0. The van der Waals surface area contributed by atoms with Crippen LogP contribution in [0.2, 0.25) is 5.02 Å². The van der Waals surface area contributed by atoms with Gasteiger partial charge in [-0.15, -0.1) is 11.3 Å². The SMILES string of the molecule is CC(=O)Nc1nc(CN2CCN(Cc3c(F)cccc3Cl)CC2)cs1. The number of nitrogens with zero attached hydrogens (tertiary/aromatic N) is 3. The van der Waals surface area contributed by atoms with Crippen LogP contribution in [-0.2, 0) is 17.9 Å². The summed E-state index contributed by atoms with van der Waals surface area (Å²) in [6, 6.07) is 4.81. The Morgan fingerprint density at radius 2 is 1.96 bits per heavy atom. The van der Waals surface area contributed by atoms with Gasteiger partial charge in [-0.2, -0.15) is 0 Å². The summed E-state index contributed by atoms with van der Waals surface area (Å²) in [7, 11) is 0. The fraction of sp³-hybridized carbons (Fsp3) is 0.412. The molecular formula is C17H20ClFN4OS. The lowest BCUT2D eigenvalue weighted by atomic mass is 10.2. The molecule has 1 fully saturated rings. The Morgan fingerprint density at radius 3 is 2.60 bits per heavy atom. The molecule has 134 valence electrons. The van der Waals surface area contributed by atoms with Crippen LogP contribution in [0.25, 0.3) is 0 Å². The van der Waals surface area contributed by atoms with Crippen molar-refractivity contribution in [1.29, 1.82) is 0 Å². The summed E-state index contributed by atoms with van der Waals surface area (Å²) in [5.74, 6) is -0.357. The molecule has 0 radical (unpaired) electrons. The summed E-state index contributed by atoms with van der Waals surface area (Å²) in [6.07, 6.45) is 0. The Labute approximate surface area is 155 Å². The van der Waals surface area contributed by atoms with Crippen LogP contribution in [0.15, 0.2) is 23.6 Å². The second-order valence-electron chi connectivity index (χ2n) is 6.08. The molecule has 0 aliphatic carbocycles. The molecule has 1 N–H and O–H groups in total. The Bertz CT molecular complexity index is 726. The number of halogens is 2. The fourth-order valence-electron chi connectivity index (χ4n) is 2.83. The van der Waals surface area contributed by atoms with E-state index in [1.807, 2.05) is 5.38 Å². The minimum Gasteiger partial charge on any atom is -0.302 e. The number of carbonyl (C=O) groups excluding carboxylic acids is 1. The molecule has 1 amide bonds. The number of piperazine rings is 1. The number of aromatic nitrogens is 1. The second-order valence-corrected chi connectivity index (χ2v) is 7.34. The predicted octanol–water partition coefficient (Wildman–Crippen LogP) is 3.21. The quantitative estimate of drug-likeness (QED) is 0.862. The zero-order valence-corrected chi connectivity index (χ0v) is 15.5. The number of hydrogen-bond donors (Lipinski definition) is 1. The fourth-order valence-corrected chi connectivity index (χ4v) is 3.80. The maximum Gasteiger partial charge on any atom is 0.223 e. The normalized spacial score (nSPS) is 16.1. The van der Waals surface area contributed by atoms with Crippen molar-refractivity contribution in [3.8, 4) is 0 Å². The smallest absolute Gasteiger partial charge is 0.223 e. The van der Waals surface area contributed by atoms with Gasteiger partial charge in [-0.1, -0.05) is 17.7 Å². The van der Waals surface area contributed by atoms with Crippen LogP contribution >= 0.6 is 22.9 Å². The highest BCUT2D eigenvalue weighted by atomic mass is 35.5. The topological polar surface area (TPSA) is 48.5 Å². The minimum atomic E-state index is -0.247. The van der Waals surface area contributed by atoms with Crippen molar-refractivity contribution in [2.75, 3.05) is 31.5 Å². The maximum absolute atomic E-state index is 13.9. The lowest BCUT2D eigenvalue weighted by molar-refractivity contribution is -0.114. The summed E-state index contributed by atoms with van der Waals surface area (Å²) < 4.78 is 13.9. The number of anilines is 1. The average molecular weight is 383 g/mol. The summed E-state index contributed by atoms with van der Waals surface area (Å²) in [6.45, 7) is 6.24. The Morgan fingerprint density at radius 1 is 1.28 bits per heavy atom. The van der Waals surface area contributed by atoms with Gasteiger partial charge in [0.05, 0.1) is 5.69 Å². The molecule has 0 atom stereocenters. The zero-order chi connectivity index (χ0) is 17.8. The van der Waals surface area contributed by atoms with E-state index in [4.69, 9.17) is 11.6 Å². The number of benzene rings is 1. The van der Waals surface area contributed by atoms with Gasteiger partial charge in [-0.05, 0) is 12.1 Å². The average Bonchev–Trinajstić information content (AvgIpc) is 2.99. The Kier molecular flexibility index (Phi) is 6.01. The van der Waals surface area contributed by atoms with Crippen molar-refractivity contribution in [1.82, 2.24) is 14.8 Å². The number of rotatable bonds is 5. The van der Waals surface area contributed by atoms with Crippen LogP contribution in [0.3, 0.4) is 0 Å². The van der Waals surface area contributed by atoms with Crippen molar-refractivity contribution >= 4 is 34.0 Å². The third-order valence-electron chi connectivity index (χ3n) is 4.13. The van der Waals surface area contributed by atoms with Crippen LogP contribution < -0.4 is 5.32 Å². The van der Waals surface area contributed by atoms with Crippen LogP contribution in [0.1, 0.15) is 18.2 Å². The first-order valence-electron chi connectivity index (χ1n) is 8.11. The van der Waals surface area contributed by atoms with Crippen LogP contribution in [0, 0.1) is 5.82 Å². The maximum atomic E-state index is 13.9. The Balaban J connectivity index is 1.50. The molecule has 5 nitrogen and oxygen atoms in total. The first kappa shape index (κ1) is 18.3.